The number of carbonyl (C=O) groups excluding carboxylic acids is 1. The number of pyridine rings is 1. The maximum atomic E-state index is 12.2. The molecule has 0 bridgehead atoms. The minimum Gasteiger partial charge on any atom is -0.347 e. The summed E-state index contributed by atoms with van der Waals surface area (Å²) in [6.07, 6.45) is 5.41. The molecule has 104 valence electrons. The van der Waals surface area contributed by atoms with Gasteiger partial charge in [-0.15, -0.1) is 22.7 Å². The first-order valence-corrected chi connectivity index (χ1v) is 8.03. The van der Waals surface area contributed by atoms with Crippen molar-refractivity contribution in [1.82, 2.24) is 19.7 Å². The van der Waals surface area contributed by atoms with Crippen LogP contribution < -0.4 is 5.32 Å². The molecule has 1 N–H and O–H groups in total. The quantitative estimate of drug-likeness (QED) is 0.632. The van der Waals surface area contributed by atoms with Gasteiger partial charge in [0.2, 0.25) is 0 Å². The molecule has 0 aliphatic rings. The van der Waals surface area contributed by atoms with Gasteiger partial charge in [0.15, 0.2) is 4.96 Å². The van der Waals surface area contributed by atoms with E-state index in [0.717, 1.165) is 20.9 Å². The van der Waals surface area contributed by atoms with Crippen LogP contribution in [0.2, 0.25) is 0 Å². The van der Waals surface area contributed by atoms with Gasteiger partial charge in [-0.1, -0.05) is 0 Å². The lowest BCUT2D eigenvalue weighted by Gasteiger charge is -2.02. The van der Waals surface area contributed by atoms with Crippen LogP contribution in [0.1, 0.15) is 15.2 Å². The predicted molar refractivity (Wildman–Crippen MR) is 83.9 cm³/mol. The molecule has 0 saturated carbocycles. The van der Waals surface area contributed by atoms with Gasteiger partial charge in [0, 0.05) is 30.5 Å². The number of carbonyl (C=O) groups is 1. The van der Waals surface area contributed by atoms with Gasteiger partial charge in [0.25, 0.3) is 5.91 Å². The lowest BCUT2D eigenvalue weighted by Crippen LogP contribution is -2.21. The smallest absolute Gasteiger partial charge is 0.261 e. The summed E-state index contributed by atoms with van der Waals surface area (Å²) in [5, 5.41) is 4.91. The van der Waals surface area contributed by atoms with Gasteiger partial charge in [-0.3, -0.25) is 14.2 Å². The molecule has 0 radical (unpaired) electrons. The number of hydrogen-bond donors (Lipinski definition) is 1. The maximum absolute atomic E-state index is 12.2. The summed E-state index contributed by atoms with van der Waals surface area (Å²) < 4.78 is 2.01. The van der Waals surface area contributed by atoms with Crippen LogP contribution in [0.3, 0.4) is 0 Å². The topological polar surface area (TPSA) is 59.3 Å². The molecule has 21 heavy (non-hydrogen) atoms. The molecule has 5 nitrogen and oxygen atoms in total. The first-order valence-electron chi connectivity index (χ1n) is 6.33. The molecular weight excluding hydrogens is 304 g/mol. The van der Waals surface area contributed by atoms with Gasteiger partial charge in [0.1, 0.15) is 4.83 Å². The zero-order valence-electron chi connectivity index (χ0n) is 10.8. The van der Waals surface area contributed by atoms with E-state index < -0.39 is 0 Å². The fraction of sp³-hybridized carbons (Fsp3) is 0.0714. The van der Waals surface area contributed by atoms with Crippen molar-refractivity contribution in [2.75, 3.05) is 0 Å². The lowest BCUT2D eigenvalue weighted by molar-refractivity contribution is 0.0955. The van der Waals surface area contributed by atoms with E-state index in [2.05, 4.69) is 15.3 Å². The first-order chi connectivity index (χ1) is 10.3. The van der Waals surface area contributed by atoms with Crippen LogP contribution in [0.25, 0.3) is 15.3 Å². The van der Waals surface area contributed by atoms with Crippen molar-refractivity contribution < 1.29 is 4.79 Å². The van der Waals surface area contributed by atoms with Crippen molar-refractivity contribution in [3.63, 3.8) is 0 Å². The second-order valence-corrected chi connectivity index (χ2v) is 6.41. The van der Waals surface area contributed by atoms with E-state index in [1.54, 1.807) is 23.7 Å². The molecule has 1 amide bonds. The Morgan fingerprint density at radius 2 is 2.19 bits per heavy atom. The van der Waals surface area contributed by atoms with Gasteiger partial charge in [0.05, 0.1) is 10.4 Å². The average Bonchev–Trinajstić information content (AvgIpc) is 3.17. The highest BCUT2D eigenvalue weighted by atomic mass is 32.1. The van der Waals surface area contributed by atoms with E-state index in [4.69, 9.17) is 0 Å². The van der Waals surface area contributed by atoms with Crippen LogP contribution in [0, 0.1) is 0 Å². The molecule has 4 heterocycles. The summed E-state index contributed by atoms with van der Waals surface area (Å²) in [5.41, 5.74) is 2.02. The standard InChI is InChI=1S/C14H10N4OS2/c19-12(16-8-9-1-3-15-4-2-9)11-7-10-13(21-11)17-14-18(10)5-6-20-14/h1-7H,8H2,(H,16,19). The fourth-order valence-corrected chi connectivity index (χ4v) is 3.85. The molecule has 0 aliphatic heterocycles. The monoisotopic (exact) mass is 314 g/mol. The van der Waals surface area contributed by atoms with Crippen LogP contribution in [0.4, 0.5) is 0 Å². The van der Waals surface area contributed by atoms with Crippen molar-refractivity contribution in [2.24, 2.45) is 0 Å². The van der Waals surface area contributed by atoms with Crippen molar-refractivity contribution >= 4 is 43.9 Å². The van der Waals surface area contributed by atoms with E-state index in [0.29, 0.717) is 11.4 Å². The number of thiophene rings is 1. The molecule has 7 heteroatoms. The molecule has 0 fully saturated rings. The van der Waals surface area contributed by atoms with Crippen molar-refractivity contribution in [1.29, 1.82) is 0 Å². The number of hydrogen-bond acceptors (Lipinski definition) is 5. The molecule has 0 atom stereocenters. The molecule has 0 unspecified atom stereocenters. The maximum Gasteiger partial charge on any atom is 0.261 e. The van der Waals surface area contributed by atoms with Crippen LogP contribution >= 0.6 is 22.7 Å². The van der Waals surface area contributed by atoms with Gasteiger partial charge in [-0.25, -0.2) is 4.98 Å². The predicted octanol–water partition coefficient (Wildman–Crippen LogP) is 2.94. The highest BCUT2D eigenvalue weighted by Gasteiger charge is 2.14. The number of imidazole rings is 1. The molecule has 0 saturated heterocycles. The Kier molecular flexibility index (Phi) is 2.94. The van der Waals surface area contributed by atoms with Crippen LogP contribution in [-0.2, 0) is 6.54 Å². The number of fused-ring (bicyclic) bond motifs is 3. The van der Waals surface area contributed by atoms with Gasteiger partial charge >= 0.3 is 0 Å². The second kappa shape index (κ2) is 4.94. The SMILES string of the molecule is O=C(NCc1ccncc1)c1cc2c(nc3sccn32)s1. The van der Waals surface area contributed by atoms with Gasteiger partial charge in [-0.2, -0.15) is 0 Å². The fourth-order valence-electron chi connectivity index (χ4n) is 2.13. The Balaban J connectivity index is 1.57. The molecule has 0 aromatic carbocycles. The summed E-state index contributed by atoms with van der Waals surface area (Å²) in [6, 6.07) is 5.67. The Labute approximate surface area is 127 Å². The average molecular weight is 314 g/mol. The number of nitrogens with zero attached hydrogens (tertiary/aromatic N) is 3. The number of aromatic nitrogens is 3. The first kappa shape index (κ1) is 12.5. The zero-order valence-corrected chi connectivity index (χ0v) is 12.4. The molecule has 0 spiro atoms. The summed E-state index contributed by atoms with van der Waals surface area (Å²) in [7, 11) is 0. The Morgan fingerprint density at radius 3 is 3.05 bits per heavy atom. The van der Waals surface area contributed by atoms with Gasteiger partial charge in [-0.05, 0) is 23.8 Å². The summed E-state index contributed by atoms with van der Waals surface area (Å²) >= 11 is 3.01. The number of nitrogens with one attached hydrogen (secondary N) is 1. The van der Waals surface area contributed by atoms with Crippen molar-refractivity contribution in [3.8, 4) is 0 Å². The summed E-state index contributed by atoms with van der Waals surface area (Å²) in [4.78, 5) is 23.2. The number of thiazole rings is 1. The number of rotatable bonds is 3. The van der Waals surface area contributed by atoms with Crippen LogP contribution in [-0.4, -0.2) is 20.3 Å². The Bertz CT molecular complexity index is 922. The Hall–Kier alpha value is -2.25. The van der Waals surface area contributed by atoms with Gasteiger partial charge < -0.3 is 5.32 Å². The highest BCUT2D eigenvalue weighted by Crippen LogP contribution is 2.28. The molecular formula is C14H10N4OS2. The molecule has 4 aromatic heterocycles. The van der Waals surface area contributed by atoms with E-state index in [-0.39, 0.29) is 5.91 Å². The van der Waals surface area contributed by atoms with Crippen molar-refractivity contribution in [3.05, 3.63) is 52.6 Å². The summed E-state index contributed by atoms with van der Waals surface area (Å²) in [6.45, 7) is 0.498. The van der Waals surface area contributed by atoms with E-state index in [9.17, 15) is 4.79 Å². The van der Waals surface area contributed by atoms with E-state index >= 15 is 0 Å². The zero-order chi connectivity index (χ0) is 14.2. The summed E-state index contributed by atoms with van der Waals surface area (Å²) in [5.74, 6) is -0.0706. The van der Waals surface area contributed by atoms with E-state index in [1.807, 2.05) is 34.2 Å². The lowest BCUT2D eigenvalue weighted by atomic mass is 10.2. The third kappa shape index (κ3) is 2.20. The second-order valence-electron chi connectivity index (χ2n) is 4.51. The third-order valence-electron chi connectivity index (χ3n) is 3.17. The molecule has 4 rings (SSSR count). The third-order valence-corrected chi connectivity index (χ3v) is 4.94. The van der Waals surface area contributed by atoms with Crippen LogP contribution in [0.5, 0.6) is 0 Å². The van der Waals surface area contributed by atoms with Crippen molar-refractivity contribution in [2.45, 2.75) is 6.54 Å². The Morgan fingerprint density at radius 1 is 1.33 bits per heavy atom. The molecule has 4 aromatic rings. The molecule has 0 aliphatic carbocycles. The normalized spacial score (nSPS) is 11.2. The highest BCUT2D eigenvalue weighted by molar-refractivity contribution is 7.21. The minimum atomic E-state index is -0.0706. The number of amides is 1. The largest absolute Gasteiger partial charge is 0.347 e. The van der Waals surface area contributed by atoms with E-state index in [1.165, 1.54) is 11.3 Å². The van der Waals surface area contributed by atoms with Crippen LogP contribution in [0.15, 0.2) is 42.2 Å². The minimum absolute atomic E-state index is 0.0706.